The number of rotatable bonds is 4. The Balaban J connectivity index is 1.55. The summed E-state index contributed by atoms with van der Waals surface area (Å²) in [5, 5.41) is 13.1. The number of hydrogen-bond donors (Lipinski definition) is 2. The summed E-state index contributed by atoms with van der Waals surface area (Å²) in [6, 6.07) is 10.3. The monoisotopic (exact) mass is 375 g/mol. The van der Waals surface area contributed by atoms with E-state index in [-0.39, 0.29) is 18.4 Å². The number of ether oxygens (including phenoxy) is 2. The van der Waals surface area contributed by atoms with E-state index in [2.05, 4.69) is 25.8 Å². The average Bonchev–Trinajstić information content (AvgIpc) is 3.09. The van der Waals surface area contributed by atoms with Crippen LogP contribution in [0.3, 0.4) is 0 Å². The summed E-state index contributed by atoms with van der Waals surface area (Å²) in [6.45, 7) is 0.153. The molecule has 0 amide bonds. The van der Waals surface area contributed by atoms with Crippen LogP contribution in [0.25, 0.3) is 0 Å². The summed E-state index contributed by atoms with van der Waals surface area (Å²) >= 11 is 0. The molecule has 0 unspecified atom stereocenters. The summed E-state index contributed by atoms with van der Waals surface area (Å²) in [7, 11) is 0. The number of nitrogens with zero attached hydrogens (tertiary/aromatic N) is 3. The highest BCUT2D eigenvalue weighted by molar-refractivity contribution is 5.63. The minimum absolute atomic E-state index is 0.0718. The zero-order valence-electron chi connectivity index (χ0n) is 13.6. The van der Waals surface area contributed by atoms with Crippen molar-refractivity contribution in [3.63, 3.8) is 0 Å². The van der Waals surface area contributed by atoms with Gasteiger partial charge in [0.1, 0.15) is 0 Å². The van der Waals surface area contributed by atoms with Crippen LogP contribution in [-0.2, 0) is 6.18 Å². The number of nitrogens with one attached hydrogen (secondary N) is 2. The third-order valence-corrected chi connectivity index (χ3v) is 3.68. The zero-order valence-corrected chi connectivity index (χ0v) is 13.6. The van der Waals surface area contributed by atoms with Gasteiger partial charge in [-0.05, 0) is 24.3 Å². The molecule has 2 aromatic carbocycles. The Morgan fingerprint density at radius 2 is 1.78 bits per heavy atom. The lowest BCUT2D eigenvalue weighted by Gasteiger charge is -2.13. The van der Waals surface area contributed by atoms with Crippen molar-refractivity contribution in [1.82, 2.24) is 15.2 Å². The number of anilines is 4. The quantitative estimate of drug-likeness (QED) is 0.710. The number of para-hydroxylation sites is 1. The SMILES string of the molecule is FC(F)(F)c1ccccc1Nc1nncc(Nc2ccc3c(c2)OCO3)n1. The van der Waals surface area contributed by atoms with Crippen molar-refractivity contribution in [2.45, 2.75) is 6.18 Å². The van der Waals surface area contributed by atoms with Gasteiger partial charge in [0, 0.05) is 11.8 Å². The Bertz CT molecular complexity index is 981. The summed E-state index contributed by atoms with van der Waals surface area (Å²) in [4.78, 5) is 4.14. The van der Waals surface area contributed by atoms with Gasteiger partial charge in [-0.25, -0.2) is 0 Å². The van der Waals surface area contributed by atoms with Crippen molar-refractivity contribution in [2.75, 3.05) is 17.4 Å². The maximum Gasteiger partial charge on any atom is 0.418 e. The van der Waals surface area contributed by atoms with Gasteiger partial charge in [0.15, 0.2) is 17.3 Å². The van der Waals surface area contributed by atoms with Crippen molar-refractivity contribution in [1.29, 1.82) is 0 Å². The van der Waals surface area contributed by atoms with Gasteiger partial charge >= 0.3 is 6.18 Å². The number of benzene rings is 2. The van der Waals surface area contributed by atoms with E-state index in [9.17, 15) is 13.2 Å². The van der Waals surface area contributed by atoms with Gasteiger partial charge in [0.05, 0.1) is 17.4 Å². The molecular formula is C17H12F3N5O2. The molecule has 138 valence electrons. The lowest BCUT2D eigenvalue weighted by molar-refractivity contribution is -0.136. The standard InChI is InChI=1S/C17H12F3N5O2/c18-17(19,20)11-3-1-2-4-12(11)23-16-24-15(8-21-25-16)22-10-5-6-13-14(7-10)27-9-26-13/h1-8H,9H2,(H2,22,23,24,25). The molecule has 2 N–H and O–H groups in total. The van der Waals surface area contributed by atoms with Gasteiger partial charge in [0.2, 0.25) is 12.7 Å². The first-order valence-corrected chi connectivity index (χ1v) is 7.79. The maximum absolute atomic E-state index is 13.1. The van der Waals surface area contributed by atoms with Crippen LogP contribution in [-0.4, -0.2) is 22.0 Å². The van der Waals surface area contributed by atoms with Crippen LogP contribution in [0.1, 0.15) is 5.56 Å². The molecule has 3 aromatic rings. The summed E-state index contributed by atoms with van der Waals surface area (Å²) in [5.41, 5.74) is -0.323. The fraction of sp³-hybridized carbons (Fsp3) is 0.118. The first-order valence-electron chi connectivity index (χ1n) is 7.79. The van der Waals surface area contributed by atoms with Crippen LogP contribution < -0.4 is 20.1 Å². The van der Waals surface area contributed by atoms with Crippen LogP contribution >= 0.6 is 0 Å². The molecule has 0 bridgehead atoms. The van der Waals surface area contributed by atoms with Gasteiger partial charge in [-0.15, -0.1) is 5.10 Å². The Morgan fingerprint density at radius 1 is 0.963 bits per heavy atom. The topological polar surface area (TPSA) is 81.2 Å². The van der Waals surface area contributed by atoms with E-state index >= 15 is 0 Å². The highest BCUT2D eigenvalue weighted by Crippen LogP contribution is 2.36. The van der Waals surface area contributed by atoms with Crippen molar-refractivity contribution in [3.8, 4) is 11.5 Å². The van der Waals surface area contributed by atoms with Crippen molar-refractivity contribution >= 4 is 23.1 Å². The first kappa shape index (κ1) is 16.9. The third-order valence-electron chi connectivity index (χ3n) is 3.68. The largest absolute Gasteiger partial charge is 0.454 e. The molecule has 27 heavy (non-hydrogen) atoms. The van der Waals surface area contributed by atoms with Gasteiger partial charge in [0.25, 0.3) is 0 Å². The maximum atomic E-state index is 13.1. The van der Waals surface area contributed by atoms with Crippen LogP contribution in [0, 0.1) is 0 Å². The molecular weight excluding hydrogens is 363 g/mol. The van der Waals surface area contributed by atoms with E-state index in [1.165, 1.54) is 24.4 Å². The van der Waals surface area contributed by atoms with Crippen LogP contribution in [0.4, 0.5) is 36.3 Å². The van der Waals surface area contributed by atoms with Crippen molar-refractivity contribution < 1.29 is 22.6 Å². The molecule has 1 aromatic heterocycles. The van der Waals surface area contributed by atoms with E-state index in [0.717, 1.165) is 6.07 Å². The highest BCUT2D eigenvalue weighted by atomic mass is 19.4. The normalized spacial score (nSPS) is 12.7. The number of aromatic nitrogens is 3. The number of hydrogen-bond acceptors (Lipinski definition) is 7. The minimum Gasteiger partial charge on any atom is -0.454 e. The lowest BCUT2D eigenvalue weighted by Crippen LogP contribution is -2.10. The molecule has 0 saturated carbocycles. The Labute approximate surface area is 151 Å². The Hall–Kier alpha value is -3.56. The second kappa shape index (κ2) is 6.63. The molecule has 1 aliphatic heterocycles. The van der Waals surface area contributed by atoms with Gasteiger partial charge in [-0.2, -0.15) is 23.3 Å². The second-order valence-corrected chi connectivity index (χ2v) is 5.53. The molecule has 10 heteroatoms. The molecule has 0 atom stereocenters. The highest BCUT2D eigenvalue weighted by Gasteiger charge is 2.33. The molecule has 0 aliphatic carbocycles. The van der Waals surface area contributed by atoms with E-state index < -0.39 is 11.7 Å². The van der Waals surface area contributed by atoms with E-state index in [1.807, 2.05) is 0 Å². The fourth-order valence-electron chi connectivity index (χ4n) is 2.50. The number of fused-ring (bicyclic) bond motifs is 1. The first-order chi connectivity index (χ1) is 13.0. The predicted octanol–water partition coefficient (Wildman–Crippen LogP) is 4.11. The van der Waals surface area contributed by atoms with Crippen LogP contribution in [0.5, 0.6) is 11.5 Å². The summed E-state index contributed by atoms with van der Waals surface area (Å²) < 4.78 is 49.8. The number of halogens is 3. The minimum atomic E-state index is -4.50. The van der Waals surface area contributed by atoms with Crippen molar-refractivity contribution in [2.24, 2.45) is 0 Å². The summed E-state index contributed by atoms with van der Waals surface area (Å²) in [5.74, 6) is 1.44. The van der Waals surface area contributed by atoms with E-state index in [1.54, 1.807) is 18.2 Å². The number of alkyl halides is 3. The van der Waals surface area contributed by atoms with Crippen LogP contribution in [0.2, 0.25) is 0 Å². The third kappa shape index (κ3) is 3.68. The van der Waals surface area contributed by atoms with Gasteiger partial charge in [-0.3, -0.25) is 0 Å². The van der Waals surface area contributed by atoms with Crippen molar-refractivity contribution in [3.05, 3.63) is 54.2 Å². The predicted molar refractivity (Wildman–Crippen MR) is 90.4 cm³/mol. The second-order valence-electron chi connectivity index (χ2n) is 5.53. The summed E-state index contributed by atoms with van der Waals surface area (Å²) in [6.07, 6.45) is -3.15. The molecule has 0 radical (unpaired) electrons. The molecule has 4 rings (SSSR count). The van der Waals surface area contributed by atoms with E-state index in [0.29, 0.717) is 23.0 Å². The Morgan fingerprint density at radius 3 is 2.63 bits per heavy atom. The Kier molecular flexibility index (Phi) is 4.15. The van der Waals surface area contributed by atoms with Gasteiger partial charge in [-0.1, -0.05) is 12.1 Å². The van der Waals surface area contributed by atoms with E-state index in [4.69, 9.17) is 9.47 Å². The average molecular weight is 375 g/mol. The molecule has 0 fully saturated rings. The van der Waals surface area contributed by atoms with Gasteiger partial charge < -0.3 is 20.1 Å². The van der Waals surface area contributed by atoms with Crippen LogP contribution in [0.15, 0.2) is 48.7 Å². The molecule has 0 saturated heterocycles. The smallest absolute Gasteiger partial charge is 0.418 e. The molecule has 7 nitrogen and oxygen atoms in total. The molecule has 2 heterocycles. The lowest BCUT2D eigenvalue weighted by atomic mass is 10.1. The molecule has 1 aliphatic rings. The fourth-order valence-corrected chi connectivity index (χ4v) is 2.50. The molecule has 0 spiro atoms. The zero-order chi connectivity index (χ0) is 18.9.